The van der Waals surface area contributed by atoms with Crippen molar-refractivity contribution in [2.45, 2.75) is 32.2 Å². The standard InChI is InChI=1S/C24H27NO3/c1-3-9-22(26)18(4-2)14-15-21(16-19-10-5-7-12-23(19)27)25-17-20-11-6-8-13-24(20)28/h3-13,17,21,26-28H,1,14-16H2,2H3/b18-4-,22-9+,25-17?. The van der Waals surface area contributed by atoms with Gasteiger partial charge >= 0.3 is 0 Å². The SMILES string of the molecule is C=C/C=C(O)\C(=C/C)CCC(Cc1ccccc1O)N=Cc1ccccc1O. The Bertz CT molecular complexity index is 881. The number of aliphatic hydroxyl groups is 1. The number of nitrogens with zero attached hydrogens (tertiary/aromatic N) is 1. The highest BCUT2D eigenvalue weighted by molar-refractivity contribution is 5.83. The maximum Gasteiger partial charge on any atom is 0.124 e. The van der Waals surface area contributed by atoms with Crippen LogP contribution in [0.5, 0.6) is 11.5 Å². The summed E-state index contributed by atoms with van der Waals surface area (Å²) in [6, 6.07) is 14.1. The molecule has 0 amide bonds. The van der Waals surface area contributed by atoms with Gasteiger partial charge in [-0.15, -0.1) is 0 Å². The Morgan fingerprint density at radius 3 is 2.39 bits per heavy atom. The van der Waals surface area contributed by atoms with Crippen LogP contribution in [0.15, 0.2) is 89.7 Å². The van der Waals surface area contributed by atoms with E-state index in [4.69, 9.17) is 0 Å². The first-order valence-corrected chi connectivity index (χ1v) is 9.30. The molecule has 2 rings (SSSR count). The van der Waals surface area contributed by atoms with Gasteiger partial charge in [-0.1, -0.05) is 49.1 Å². The molecule has 28 heavy (non-hydrogen) atoms. The molecule has 4 nitrogen and oxygen atoms in total. The van der Waals surface area contributed by atoms with E-state index in [1.807, 2.05) is 31.2 Å². The maximum atomic E-state index is 10.1. The van der Waals surface area contributed by atoms with Crippen molar-refractivity contribution in [2.24, 2.45) is 4.99 Å². The highest BCUT2D eigenvalue weighted by Gasteiger charge is 2.13. The highest BCUT2D eigenvalue weighted by Crippen LogP contribution is 2.23. The van der Waals surface area contributed by atoms with Gasteiger partial charge in [0.2, 0.25) is 0 Å². The van der Waals surface area contributed by atoms with Crippen LogP contribution in [0.4, 0.5) is 0 Å². The zero-order valence-electron chi connectivity index (χ0n) is 16.1. The molecule has 4 heteroatoms. The molecule has 0 aliphatic heterocycles. The summed E-state index contributed by atoms with van der Waals surface area (Å²) in [6.07, 6.45) is 8.51. The number of phenols is 2. The lowest BCUT2D eigenvalue weighted by Crippen LogP contribution is -2.10. The van der Waals surface area contributed by atoms with Crippen molar-refractivity contribution in [1.82, 2.24) is 0 Å². The van der Waals surface area contributed by atoms with Crippen molar-refractivity contribution in [3.8, 4) is 11.5 Å². The van der Waals surface area contributed by atoms with Gasteiger partial charge in [0.15, 0.2) is 0 Å². The lowest BCUT2D eigenvalue weighted by Gasteiger charge is -2.15. The summed E-state index contributed by atoms with van der Waals surface area (Å²) in [5.41, 5.74) is 2.28. The molecule has 0 spiro atoms. The molecule has 0 aromatic heterocycles. The Hall–Kier alpha value is -3.27. The van der Waals surface area contributed by atoms with Crippen LogP contribution in [-0.4, -0.2) is 27.6 Å². The van der Waals surface area contributed by atoms with E-state index in [1.165, 1.54) is 0 Å². The topological polar surface area (TPSA) is 73.0 Å². The molecule has 0 aliphatic rings. The minimum Gasteiger partial charge on any atom is -0.508 e. The van der Waals surface area contributed by atoms with Crippen LogP contribution in [0.2, 0.25) is 0 Å². The molecule has 0 radical (unpaired) electrons. The summed E-state index contributed by atoms with van der Waals surface area (Å²) in [5.74, 6) is 0.614. The fourth-order valence-electron chi connectivity index (χ4n) is 2.91. The van der Waals surface area contributed by atoms with Crippen molar-refractivity contribution in [1.29, 1.82) is 0 Å². The Kier molecular flexibility index (Phi) is 8.10. The molecule has 0 heterocycles. The Morgan fingerprint density at radius 2 is 1.75 bits per heavy atom. The van der Waals surface area contributed by atoms with Crippen LogP contribution in [0.25, 0.3) is 0 Å². The van der Waals surface area contributed by atoms with Crippen molar-refractivity contribution in [3.05, 3.63) is 95.8 Å². The first-order valence-electron chi connectivity index (χ1n) is 9.30. The number of hydrogen-bond acceptors (Lipinski definition) is 4. The van der Waals surface area contributed by atoms with Crippen molar-refractivity contribution >= 4 is 6.21 Å². The quantitative estimate of drug-likeness (QED) is 0.308. The number of benzene rings is 2. The number of rotatable bonds is 9. The number of allylic oxidation sites excluding steroid dienone is 4. The average molecular weight is 377 g/mol. The fourth-order valence-corrected chi connectivity index (χ4v) is 2.91. The second-order valence-corrected chi connectivity index (χ2v) is 6.46. The van der Waals surface area contributed by atoms with Crippen LogP contribution >= 0.6 is 0 Å². The van der Waals surface area contributed by atoms with Gasteiger partial charge in [-0.2, -0.15) is 0 Å². The first kappa shape index (κ1) is 21.0. The van der Waals surface area contributed by atoms with Crippen LogP contribution in [0.1, 0.15) is 30.9 Å². The Balaban J connectivity index is 2.20. The molecular weight excluding hydrogens is 350 g/mol. The molecular formula is C24H27NO3. The number of aliphatic hydroxyl groups excluding tert-OH is 1. The largest absolute Gasteiger partial charge is 0.508 e. The van der Waals surface area contributed by atoms with Crippen molar-refractivity contribution in [2.75, 3.05) is 0 Å². The minimum absolute atomic E-state index is 0.126. The predicted octanol–water partition coefficient (Wildman–Crippen LogP) is 5.48. The molecule has 0 aliphatic carbocycles. The predicted molar refractivity (Wildman–Crippen MR) is 115 cm³/mol. The van der Waals surface area contributed by atoms with Gasteiger partial charge in [-0.25, -0.2) is 0 Å². The molecule has 2 aromatic rings. The summed E-state index contributed by atoms with van der Waals surface area (Å²) < 4.78 is 0. The van der Waals surface area contributed by atoms with Gasteiger partial charge in [-0.3, -0.25) is 4.99 Å². The normalized spacial score (nSPS) is 13.6. The number of para-hydroxylation sites is 2. The van der Waals surface area contributed by atoms with Gasteiger partial charge in [0, 0.05) is 11.8 Å². The van der Waals surface area contributed by atoms with E-state index in [9.17, 15) is 15.3 Å². The summed E-state index contributed by atoms with van der Waals surface area (Å²) >= 11 is 0. The molecule has 146 valence electrons. The third-order valence-electron chi connectivity index (χ3n) is 4.51. The highest BCUT2D eigenvalue weighted by atomic mass is 16.3. The third kappa shape index (κ3) is 6.16. The van der Waals surface area contributed by atoms with Crippen molar-refractivity contribution < 1.29 is 15.3 Å². The summed E-state index contributed by atoms with van der Waals surface area (Å²) in [4.78, 5) is 4.66. The minimum atomic E-state index is -0.126. The van der Waals surface area contributed by atoms with E-state index in [-0.39, 0.29) is 23.3 Å². The maximum absolute atomic E-state index is 10.1. The summed E-state index contributed by atoms with van der Waals surface area (Å²) in [7, 11) is 0. The molecule has 3 N–H and O–H groups in total. The number of hydrogen-bond donors (Lipinski definition) is 3. The van der Waals surface area contributed by atoms with Crippen LogP contribution in [0, 0.1) is 0 Å². The van der Waals surface area contributed by atoms with Gasteiger partial charge in [0.1, 0.15) is 17.3 Å². The van der Waals surface area contributed by atoms with Crippen LogP contribution in [0.3, 0.4) is 0 Å². The third-order valence-corrected chi connectivity index (χ3v) is 4.51. The smallest absolute Gasteiger partial charge is 0.124 e. The number of phenolic OH excluding ortho intramolecular Hbond substituents is 2. The second-order valence-electron chi connectivity index (χ2n) is 6.46. The van der Waals surface area contributed by atoms with Crippen molar-refractivity contribution in [3.63, 3.8) is 0 Å². The Labute approximate surface area is 166 Å². The zero-order valence-corrected chi connectivity index (χ0v) is 16.1. The number of aromatic hydroxyl groups is 2. The zero-order chi connectivity index (χ0) is 20.4. The fraction of sp³-hybridized carbons (Fsp3) is 0.208. The first-order chi connectivity index (χ1) is 13.5. The Morgan fingerprint density at radius 1 is 1.07 bits per heavy atom. The van der Waals surface area contributed by atoms with E-state index in [0.717, 1.165) is 11.1 Å². The van der Waals surface area contributed by atoms with E-state index >= 15 is 0 Å². The lowest BCUT2D eigenvalue weighted by atomic mass is 9.98. The van der Waals surface area contributed by atoms with E-state index in [2.05, 4.69) is 11.6 Å². The van der Waals surface area contributed by atoms with Gasteiger partial charge in [0.05, 0.1) is 6.04 Å². The number of aliphatic imine (C=N–C) groups is 1. The van der Waals surface area contributed by atoms with E-state index in [1.54, 1.807) is 48.7 Å². The summed E-state index contributed by atoms with van der Waals surface area (Å²) in [6.45, 7) is 5.49. The molecule has 0 fully saturated rings. The molecule has 1 unspecified atom stereocenters. The summed E-state index contributed by atoms with van der Waals surface area (Å²) in [5, 5.41) is 30.2. The molecule has 2 aromatic carbocycles. The van der Waals surface area contributed by atoms with Gasteiger partial charge in [0.25, 0.3) is 0 Å². The van der Waals surface area contributed by atoms with Crippen LogP contribution in [-0.2, 0) is 6.42 Å². The van der Waals surface area contributed by atoms with Crippen LogP contribution < -0.4 is 0 Å². The van der Waals surface area contributed by atoms with Gasteiger partial charge in [-0.05, 0) is 61.6 Å². The van der Waals surface area contributed by atoms with E-state index < -0.39 is 0 Å². The molecule has 0 saturated heterocycles. The second kappa shape index (κ2) is 10.8. The van der Waals surface area contributed by atoms with E-state index in [0.29, 0.717) is 24.8 Å². The molecule has 0 bridgehead atoms. The monoisotopic (exact) mass is 377 g/mol. The lowest BCUT2D eigenvalue weighted by molar-refractivity contribution is 0.415. The molecule has 1 atom stereocenters. The average Bonchev–Trinajstić information content (AvgIpc) is 2.69. The van der Waals surface area contributed by atoms with Gasteiger partial charge < -0.3 is 15.3 Å². The molecule has 0 saturated carbocycles.